The van der Waals surface area contributed by atoms with Crippen molar-refractivity contribution in [3.8, 4) is 0 Å². The van der Waals surface area contributed by atoms with E-state index in [0.717, 1.165) is 31.4 Å². The summed E-state index contributed by atoms with van der Waals surface area (Å²) in [5.41, 5.74) is 1.52. The number of anilines is 1. The van der Waals surface area contributed by atoms with Gasteiger partial charge in [-0.2, -0.15) is 0 Å². The van der Waals surface area contributed by atoms with Crippen molar-refractivity contribution in [2.45, 2.75) is 25.7 Å². The summed E-state index contributed by atoms with van der Waals surface area (Å²) in [6.45, 7) is 0.935. The standard InChI is InChI=1S/C14H22N2O2/c1-15-13-9-5-4-8-12(13)14(18)16-10-6-2-3-7-11-17/h4-5,8-9,15,17H,2-3,6-7,10-11H2,1H3,(H,16,18). The minimum absolute atomic E-state index is 0.0397. The number of carbonyl (C=O) groups excluding carboxylic acids is 1. The molecule has 3 N–H and O–H groups in total. The molecule has 4 nitrogen and oxygen atoms in total. The highest BCUT2D eigenvalue weighted by Gasteiger charge is 2.08. The third kappa shape index (κ3) is 4.75. The van der Waals surface area contributed by atoms with Gasteiger partial charge in [-0.25, -0.2) is 0 Å². The first-order valence-electron chi connectivity index (χ1n) is 6.45. The van der Waals surface area contributed by atoms with Gasteiger partial charge >= 0.3 is 0 Å². The Labute approximate surface area is 108 Å². The first-order valence-corrected chi connectivity index (χ1v) is 6.45. The highest BCUT2D eigenvalue weighted by atomic mass is 16.2. The van der Waals surface area contributed by atoms with Crippen LogP contribution in [0.25, 0.3) is 0 Å². The molecule has 0 bridgehead atoms. The number of benzene rings is 1. The average molecular weight is 250 g/mol. The fraction of sp³-hybridized carbons (Fsp3) is 0.500. The molecular formula is C14H22N2O2. The van der Waals surface area contributed by atoms with Gasteiger partial charge in [0.15, 0.2) is 0 Å². The average Bonchev–Trinajstić information content (AvgIpc) is 2.42. The van der Waals surface area contributed by atoms with Crippen molar-refractivity contribution in [1.29, 1.82) is 0 Å². The summed E-state index contributed by atoms with van der Waals surface area (Å²) in [6.07, 6.45) is 3.85. The van der Waals surface area contributed by atoms with E-state index in [4.69, 9.17) is 5.11 Å². The van der Waals surface area contributed by atoms with Crippen molar-refractivity contribution >= 4 is 11.6 Å². The summed E-state index contributed by atoms with van der Waals surface area (Å²) in [5, 5.41) is 14.6. The summed E-state index contributed by atoms with van der Waals surface area (Å²) in [6, 6.07) is 7.46. The zero-order valence-electron chi connectivity index (χ0n) is 10.9. The van der Waals surface area contributed by atoms with E-state index in [2.05, 4.69) is 10.6 Å². The molecule has 0 spiro atoms. The fourth-order valence-electron chi connectivity index (χ4n) is 1.79. The van der Waals surface area contributed by atoms with Gasteiger partial charge in [-0.3, -0.25) is 4.79 Å². The Hall–Kier alpha value is -1.55. The molecule has 18 heavy (non-hydrogen) atoms. The molecule has 1 amide bonds. The number of carbonyl (C=O) groups is 1. The van der Waals surface area contributed by atoms with Crippen LogP contribution in [-0.2, 0) is 0 Å². The summed E-state index contributed by atoms with van der Waals surface area (Å²) in [5.74, 6) is -0.0397. The molecule has 0 saturated heterocycles. The minimum atomic E-state index is -0.0397. The predicted molar refractivity (Wildman–Crippen MR) is 73.9 cm³/mol. The Morgan fingerprint density at radius 2 is 1.89 bits per heavy atom. The van der Waals surface area contributed by atoms with Crippen molar-refractivity contribution in [2.75, 3.05) is 25.5 Å². The molecule has 0 heterocycles. The molecule has 0 atom stereocenters. The Balaban J connectivity index is 2.32. The van der Waals surface area contributed by atoms with Gasteiger partial charge in [0, 0.05) is 25.9 Å². The molecule has 4 heteroatoms. The van der Waals surface area contributed by atoms with Gasteiger partial charge in [0.2, 0.25) is 0 Å². The van der Waals surface area contributed by atoms with Gasteiger partial charge in [-0.1, -0.05) is 25.0 Å². The number of rotatable bonds is 8. The second-order valence-corrected chi connectivity index (χ2v) is 4.19. The second-order valence-electron chi connectivity index (χ2n) is 4.19. The molecule has 0 fully saturated rings. The summed E-state index contributed by atoms with van der Waals surface area (Å²) in [7, 11) is 1.81. The molecule has 1 aromatic rings. The lowest BCUT2D eigenvalue weighted by molar-refractivity contribution is 0.0953. The van der Waals surface area contributed by atoms with E-state index < -0.39 is 0 Å². The van der Waals surface area contributed by atoms with Crippen molar-refractivity contribution < 1.29 is 9.90 Å². The van der Waals surface area contributed by atoms with Crippen LogP contribution in [0.4, 0.5) is 5.69 Å². The zero-order chi connectivity index (χ0) is 13.2. The normalized spacial score (nSPS) is 10.1. The molecule has 0 saturated carbocycles. The molecule has 0 aliphatic heterocycles. The van der Waals surface area contributed by atoms with Crippen LogP contribution in [0.1, 0.15) is 36.0 Å². The van der Waals surface area contributed by atoms with Crippen LogP contribution in [-0.4, -0.2) is 31.2 Å². The predicted octanol–water partition coefficient (Wildman–Crippen LogP) is 2.01. The van der Waals surface area contributed by atoms with Crippen LogP contribution in [0.5, 0.6) is 0 Å². The number of amides is 1. The minimum Gasteiger partial charge on any atom is -0.396 e. The Bertz CT molecular complexity index is 367. The number of aliphatic hydroxyl groups is 1. The molecule has 100 valence electrons. The molecule has 0 aliphatic rings. The molecule has 0 aromatic heterocycles. The second kappa shape index (κ2) is 8.53. The lowest BCUT2D eigenvalue weighted by Crippen LogP contribution is -2.25. The number of hydrogen-bond donors (Lipinski definition) is 3. The monoisotopic (exact) mass is 250 g/mol. The van der Waals surface area contributed by atoms with E-state index in [1.807, 2.05) is 24.3 Å². The van der Waals surface area contributed by atoms with Crippen LogP contribution in [0, 0.1) is 0 Å². The Morgan fingerprint density at radius 1 is 1.17 bits per heavy atom. The van der Waals surface area contributed by atoms with Crippen LogP contribution < -0.4 is 10.6 Å². The Morgan fingerprint density at radius 3 is 2.61 bits per heavy atom. The van der Waals surface area contributed by atoms with Crippen molar-refractivity contribution in [1.82, 2.24) is 5.32 Å². The van der Waals surface area contributed by atoms with Crippen LogP contribution in [0.3, 0.4) is 0 Å². The largest absolute Gasteiger partial charge is 0.396 e. The van der Waals surface area contributed by atoms with Gasteiger partial charge in [-0.05, 0) is 25.0 Å². The molecule has 1 aromatic carbocycles. The summed E-state index contributed by atoms with van der Waals surface area (Å²) < 4.78 is 0. The molecular weight excluding hydrogens is 228 g/mol. The smallest absolute Gasteiger partial charge is 0.253 e. The van der Waals surface area contributed by atoms with Crippen molar-refractivity contribution in [3.63, 3.8) is 0 Å². The maximum atomic E-state index is 11.9. The maximum absolute atomic E-state index is 11.9. The fourth-order valence-corrected chi connectivity index (χ4v) is 1.79. The number of hydrogen-bond acceptors (Lipinski definition) is 3. The van der Waals surface area contributed by atoms with E-state index in [9.17, 15) is 4.79 Å². The first kappa shape index (κ1) is 14.5. The first-order chi connectivity index (χ1) is 8.79. The maximum Gasteiger partial charge on any atom is 0.253 e. The van der Waals surface area contributed by atoms with Gasteiger partial charge in [0.05, 0.1) is 5.56 Å². The molecule has 0 aliphatic carbocycles. The highest BCUT2D eigenvalue weighted by molar-refractivity contribution is 5.99. The lowest BCUT2D eigenvalue weighted by atomic mass is 10.1. The third-order valence-electron chi connectivity index (χ3n) is 2.81. The van der Waals surface area contributed by atoms with Crippen LogP contribution >= 0.6 is 0 Å². The van der Waals surface area contributed by atoms with E-state index in [-0.39, 0.29) is 12.5 Å². The quantitative estimate of drug-likeness (QED) is 0.618. The Kier molecular flexibility index (Phi) is 6.87. The summed E-state index contributed by atoms with van der Waals surface area (Å²) >= 11 is 0. The third-order valence-corrected chi connectivity index (χ3v) is 2.81. The van der Waals surface area contributed by atoms with E-state index in [1.165, 1.54) is 0 Å². The van der Waals surface area contributed by atoms with Crippen LogP contribution in [0.2, 0.25) is 0 Å². The van der Waals surface area contributed by atoms with E-state index in [1.54, 1.807) is 7.05 Å². The van der Waals surface area contributed by atoms with Gasteiger partial charge in [-0.15, -0.1) is 0 Å². The number of aliphatic hydroxyl groups excluding tert-OH is 1. The van der Waals surface area contributed by atoms with Gasteiger partial charge in [0.25, 0.3) is 5.91 Å². The molecule has 0 unspecified atom stereocenters. The number of nitrogens with one attached hydrogen (secondary N) is 2. The number of unbranched alkanes of at least 4 members (excludes halogenated alkanes) is 3. The van der Waals surface area contributed by atoms with E-state index in [0.29, 0.717) is 12.1 Å². The van der Waals surface area contributed by atoms with Crippen LogP contribution in [0.15, 0.2) is 24.3 Å². The zero-order valence-corrected chi connectivity index (χ0v) is 10.9. The van der Waals surface area contributed by atoms with Crippen molar-refractivity contribution in [3.05, 3.63) is 29.8 Å². The van der Waals surface area contributed by atoms with Gasteiger partial charge < -0.3 is 15.7 Å². The lowest BCUT2D eigenvalue weighted by Gasteiger charge is -2.09. The van der Waals surface area contributed by atoms with E-state index >= 15 is 0 Å². The number of para-hydroxylation sites is 1. The molecule has 1 rings (SSSR count). The van der Waals surface area contributed by atoms with Gasteiger partial charge in [0.1, 0.15) is 0 Å². The SMILES string of the molecule is CNc1ccccc1C(=O)NCCCCCCO. The summed E-state index contributed by atoms with van der Waals surface area (Å²) in [4.78, 5) is 11.9. The molecule has 0 radical (unpaired) electrons. The topological polar surface area (TPSA) is 61.4 Å². The van der Waals surface area contributed by atoms with Crippen molar-refractivity contribution in [2.24, 2.45) is 0 Å². The highest BCUT2D eigenvalue weighted by Crippen LogP contribution is 2.13.